The number of hydrogen-bond donors (Lipinski definition) is 1. The highest BCUT2D eigenvalue weighted by atomic mass is 16.5. The SMILES string of the molecule is Cc1cc(C)nc(N2CC[C@@H]3[C@@H](CO[C@H]3CC(=O)NCCc3cn(C)cn3)C2)n1. The van der Waals surface area contributed by atoms with Crippen molar-refractivity contribution in [2.75, 3.05) is 31.1 Å². The highest BCUT2D eigenvalue weighted by Crippen LogP contribution is 2.36. The zero-order valence-corrected chi connectivity index (χ0v) is 17.5. The van der Waals surface area contributed by atoms with Crippen molar-refractivity contribution < 1.29 is 9.53 Å². The van der Waals surface area contributed by atoms with Crippen LogP contribution in [0.15, 0.2) is 18.6 Å². The van der Waals surface area contributed by atoms with Crippen LogP contribution < -0.4 is 10.2 Å². The van der Waals surface area contributed by atoms with E-state index in [1.165, 1.54) is 0 Å². The van der Waals surface area contributed by atoms with E-state index < -0.39 is 0 Å². The quantitative estimate of drug-likeness (QED) is 0.792. The Hall–Kier alpha value is -2.48. The maximum absolute atomic E-state index is 12.4. The Labute approximate surface area is 171 Å². The van der Waals surface area contributed by atoms with Gasteiger partial charge in [-0.1, -0.05) is 0 Å². The molecule has 4 heterocycles. The number of piperidine rings is 1. The summed E-state index contributed by atoms with van der Waals surface area (Å²) in [6.07, 6.45) is 5.95. The van der Waals surface area contributed by atoms with E-state index in [9.17, 15) is 4.79 Å². The Morgan fingerprint density at radius 1 is 1.31 bits per heavy atom. The first kappa shape index (κ1) is 19.8. The smallest absolute Gasteiger partial charge is 0.225 e. The minimum atomic E-state index is 0.0113. The van der Waals surface area contributed by atoms with E-state index in [0.29, 0.717) is 31.4 Å². The number of amides is 1. The molecule has 2 aliphatic rings. The molecule has 2 aromatic rings. The van der Waals surface area contributed by atoms with Gasteiger partial charge < -0.3 is 19.5 Å². The number of anilines is 1. The molecular weight excluding hydrogens is 368 g/mol. The molecule has 0 aromatic carbocycles. The maximum Gasteiger partial charge on any atom is 0.225 e. The fraction of sp³-hybridized carbons (Fsp3) is 0.619. The van der Waals surface area contributed by atoms with E-state index in [1.807, 2.05) is 37.7 Å². The predicted molar refractivity (Wildman–Crippen MR) is 110 cm³/mol. The van der Waals surface area contributed by atoms with Gasteiger partial charge in [0.2, 0.25) is 11.9 Å². The minimum absolute atomic E-state index is 0.0113. The van der Waals surface area contributed by atoms with E-state index >= 15 is 0 Å². The van der Waals surface area contributed by atoms with Crippen molar-refractivity contribution in [1.29, 1.82) is 0 Å². The highest BCUT2D eigenvalue weighted by Gasteiger charge is 2.42. The molecule has 0 radical (unpaired) electrons. The number of nitrogens with zero attached hydrogens (tertiary/aromatic N) is 5. The third-order valence-electron chi connectivity index (χ3n) is 5.90. The summed E-state index contributed by atoms with van der Waals surface area (Å²) in [5.41, 5.74) is 2.99. The Morgan fingerprint density at radius 2 is 2.10 bits per heavy atom. The summed E-state index contributed by atoms with van der Waals surface area (Å²) >= 11 is 0. The Kier molecular flexibility index (Phi) is 5.80. The Balaban J connectivity index is 1.26. The predicted octanol–water partition coefficient (Wildman–Crippen LogP) is 1.42. The fourth-order valence-corrected chi connectivity index (χ4v) is 4.51. The first-order valence-electron chi connectivity index (χ1n) is 10.4. The minimum Gasteiger partial charge on any atom is -0.377 e. The molecule has 0 unspecified atom stereocenters. The van der Waals surface area contributed by atoms with Gasteiger partial charge in [-0.3, -0.25) is 4.79 Å². The molecule has 0 spiro atoms. The number of aryl methyl sites for hydroxylation is 3. The molecule has 29 heavy (non-hydrogen) atoms. The fourth-order valence-electron chi connectivity index (χ4n) is 4.51. The molecule has 4 rings (SSSR count). The Morgan fingerprint density at radius 3 is 2.83 bits per heavy atom. The van der Waals surface area contributed by atoms with Crippen molar-refractivity contribution in [2.45, 2.75) is 39.2 Å². The molecule has 2 fully saturated rings. The molecule has 3 atom stereocenters. The number of hydrogen-bond acceptors (Lipinski definition) is 6. The maximum atomic E-state index is 12.4. The van der Waals surface area contributed by atoms with Crippen LogP contribution >= 0.6 is 0 Å². The zero-order chi connectivity index (χ0) is 20.4. The molecule has 1 amide bonds. The molecule has 2 aromatic heterocycles. The molecule has 8 heteroatoms. The van der Waals surface area contributed by atoms with Crippen LogP contribution in [0, 0.1) is 25.7 Å². The molecule has 1 N–H and O–H groups in total. The molecule has 2 aliphatic heterocycles. The molecule has 156 valence electrons. The molecule has 8 nitrogen and oxygen atoms in total. The lowest BCUT2D eigenvalue weighted by atomic mass is 9.83. The summed E-state index contributed by atoms with van der Waals surface area (Å²) in [5.74, 6) is 1.74. The lowest BCUT2D eigenvalue weighted by Gasteiger charge is -2.35. The normalized spacial score (nSPS) is 23.8. The van der Waals surface area contributed by atoms with Crippen molar-refractivity contribution in [3.8, 4) is 0 Å². The topological polar surface area (TPSA) is 85.2 Å². The molecule has 0 bridgehead atoms. The monoisotopic (exact) mass is 398 g/mol. The van der Waals surface area contributed by atoms with Crippen LogP contribution in [0.2, 0.25) is 0 Å². The van der Waals surface area contributed by atoms with Gasteiger partial charge in [0, 0.05) is 56.6 Å². The summed E-state index contributed by atoms with van der Waals surface area (Å²) < 4.78 is 7.94. The largest absolute Gasteiger partial charge is 0.377 e. The number of imidazole rings is 1. The summed E-state index contributed by atoms with van der Waals surface area (Å²) in [4.78, 5) is 28.1. The van der Waals surface area contributed by atoms with Gasteiger partial charge in [0.05, 0.1) is 31.2 Å². The number of ether oxygens (including phenoxy) is 1. The van der Waals surface area contributed by atoms with Crippen LogP contribution in [0.5, 0.6) is 0 Å². The van der Waals surface area contributed by atoms with E-state index in [-0.39, 0.29) is 12.0 Å². The van der Waals surface area contributed by atoms with Crippen LogP contribution in [-0.2, 0) is 23.0 Å². The van der Waals surface area contributed by atoms with Gasteiger partial charge in [0.25, 0.3) is 0 Å². The van der Waals surface area contributed by atoms with Gasteiger partial charge in [-0.15, -0.1) is 0 Å². The lowest BCUT2D eigenvalue weighted by Crippen LogP contribution is -2.43. The van der Waals surface area contributed by atoms with Gasteiger partial charge in [-0.2, -0.15) is 0 Å². The van der Waals surface area contributed by atoms with E-state index in [1.54, 1.807) is 6.33 Å². The van der Waals surface area contributed by atoms with Crippen molar-refractivity contribution in [3.63, 3.8) is 0 Å². The van der Waals surface area contributed by atoms with E-state index in [0.717, 1.165) is 49.0 Å². The average molecular weight is 399 g/mol. The summed E-state index contributed by atoms with van der Waals surface area (Å²) in [7, 11) is 1.94. The van der Waals surface area contributed by atoms with Crippen molar-refractivity contribution >= 4 is 11.9 Å². The zero-order valence-electron chi connectivity index (χ0n) is 17.5. The number of carbonyl (C=O) groups is 1. The standard InChI is InChI=1S/C21H30N6O2/c1-14-8-15(2)25-21(24-14)27-7-5-18-16(10-27)12-29-19(18)9-20(28)22-6-4-17-11-26(3)13-23-17/h8,11,13,16,18-19H,4-7,9-10,12H2,1-3H3,(H,22,28)/t16-,18-,19+/m1/s1. The molecule has 0 saturated carbocycles. The summed E-state index contributed by atoms with van der Waals surface area (Å²) in [6, 6.07) is 2.00. The van der Waals surface area contributed by atoms with Gasteiger partial charge in [-0.05, 0) is 32.3 Å². The van der Waals surface area contributed by atoms with Crippen molar-refractivity contribution in [3.05, 3.63) is 35.7 Å². The second-order valence-corrected chi connectivity index (χ2v) is 8.32. The van der Waals surface area contributed by atoms with Gasteiger partial charge >= 0.3 is 0 Å². The summed E-state index contributed by atoms with van der Waals surface area (Å²) in [6.45, 7) is 7.13. The second kappa shape index (κ2) is 8.49. The van der Waals surface area contributed by atoms with Crippen LogP contribution in [-0.4, -0.2) is 57.8 Å². The molecule has 0 aliphatic carbocycles. The highest BCUT2D eigenvalue weighted by molar-refractivity contribution is 5.76. The van der Waals surface area contributed by atoms with Crippen LogP contribution in [0.4, 0.5) is 5.95 Å². The van der Waals surface area contributed by atoms with E-state index in [4.69, 9.17) is 4.74 Å². The van der Waals surface area contributed by atoms with Crippen LogP contribution in [0.1, 0.15) is 29.9 Å². The summed E-state index contributed by atoms with van der Waals surface area (Å²) in [5, 5.41) is 3.01. The van der Waals surface area contributed by atoms with Crippen LogP contribution in [0.25, 0.3) is 0 Å². The van der Waals surface area contributed by atoms with Crippen molar-refractivity contribution in [2.24, 2.45) is 18.9 Å². The molecular formula is C21H30N6O2. The first-order chi connectivity index (χ1) is 14.0. The third-order valence-corrected chi connectivity index (χ3v) is 5.90. The van der Waals surface area contributed by atoms with E-state index in [2.05, 4.69) is 25.2 Å². The third kappa shape index (κ3) is 4.75. The number of fused-ring (bicyclic) bond motifs is 1. The number of nitrogens with one attached hydrogen (secondary N) is 1. The number of rotatable bonds is 6. The average Bonchev–Trinajstić information content (AvgIpc) is 3.27. The second-order valence-electron chi connectivity index (χ2n) is 8.32. The Bertz CT molecular complexity index is 846. The van der Waals surface area contributed by atoms with Gasteiger partial charge in [0.1, 0.15) is 0 Å². The van der Waals surface area contributed by atoms with Gasteiger partial charge in [-0.25, -0.2) is 15.0 Å². The van der Waals surface area contributed by atoms with Crippen LogP contribution in [0.3, 0.4) is 0 Å². The van der Waals surface area contributed by atoms with Crippen molar-refractivity contribution in [1.82, 2.24) is 24.8 Å². The molecule has 2 saturated heterocycles. The lowest BCUT2D eigenvalue weighted by molar-refractivity contribution is -0.123. The first-order valence-corrected chi connectivity index (χ1v) is 10.4. The number of carbonyl (C=O) groups excluding carboxylic acids is 1. The number of aromatic nitrogens is 4. The van der Waals surface area contributed by atoms with Gasteiger partial charge in [0.15, 0.2) is 0 Å².